The molecule has 0 atom stereocenters. The van der Waals surface area contributed by atoms with Crippen LogP contribution < -0.4 is 10.1 Å². The predicted molar refractivity (Wildman–Crippen MR) is 84.1 cm³/mol. The van der Waals surface area contributed by atoms with E-state index in [9.17, 15) is 18.0 Å². The lowest BCUT2D eigenvalue weighted by atomic mass is 10.1. The number of hydrogen-bond acceptors (Lipinski definition) is 4. The van der Waals surface area contributed by atoms with Crippen LogP contribution in [0.1, 0.15) is 21.5 Å². The van der Waals surface area contributed by atoms with E-state index < -0.39 is 12.8 Å². The van der Waals surface area contributed by atoms with E-state index in [0.29, 0.717) is 13.2 Å². The third kappa shape index (κ3) is 6.07. The van der Waals surface area contributed by atoms with E-state index >= 15 is 0 Å². The highest BCUT2D eigenvalue weighted by Gasteiger charge is 2.28. The second-order valence-corrected chi connectivity index (χ2v) is 5.17. The van der Waals surface area contributed by atoms with Gasteiger partial charge in [-0.05, 0) is 17.2 Å². The van der Waals surface area contributed by atoms with Crippen LogP contribution in [0.4, 0.5) is 13.2 Å². The number of hydrogen-bond donors (Lipinski definition) is 1. The maximum absolute atomic E-state index is 12.1. The van der Waals surface area contributed by atoms with E-state index in [-0.39, 0.29) is 17.4 Å². The van der Waals surface area contributed by atoms with E-state index in [2.05, 4.69) is 15.0 Å². The van der Waals surface area contributed by atoms with Crippen LogP contribution in [0.15, 0.2) is 42.6 Å². The maximum Gasteiger partial charge on any atom is 0.422 e. The smallest absolute Gasteiger partial charge is 0.422 e. The summed E-state index contributed by atoms with van der Waals surface area (Å²) < 4.78 is 45.8. The molecule has 1 amide bonds. The van der Waals surface area contributed by atoms with Crippen molar-refractivity contribution >= 4 is 5.91 Å². The first-order valence-corrected chi connectivity index (χ1v) is 7.38. The molecule has 2 rings (SSSR count). The summed E-state index contributed by atoms with van der Waals surface area (Å²) in [6.45, 7) is -0.703. The molecule has 0 unspecified atom stereocenters. The number of pyridine rings is 1. The zero-order valence-electron chi connectivity index (χ0n) is 13.5. The van der Waals surface area contributed by atoms with Gasteiger partial charge in [-0.25, -0.2) is 4.98 Å². The van der Waals surface area contributed by atoms with Crippen LogP contribution >= 0.6 is 0 Å². The summed E-state index contributed by atoms with van der Waals surface area (Å²) in [7, 11) is 1.59. The summed E-state index contributed by atoms with van der Waals surface area (Å²) in [5.41, 5.74) is 2.10. The molecule has 0 aliphatic heterocycles. The Kier molecular flexibility index (Phi) is 6.35. The van der Waals surface area contributed by atoms with Gasteiger partial charge in [0, 0.05) is 25.9 Å². The Morgan fingerprint density at radius 1 is 1.16 bits per heavy atom. The molecule has 1 heterocycles. The van der Waals surface area contributed by atoms with E-state index in [1.807, 2.05) is 24.3 Å². The van der Waals surface area contributed by atoms with Crippen molar-refractivity contribution in [2.75, 3.05) is 13.7 Å². The van der Waals surface area contributed by atoms with Gasteiger partial charge in [0.05, 0.1) is 12.2 Å². The number of amides is 1. The third-order valence-electron chi connectivity index (χ3n) is 3.24. The molecular weight excluding hydrogens is 337 g/mol. The molecule has 0 fully saturated rings. The van der Waals surface area contributed by atoms with Crippen molar-refractivity contribution in [1.82, 2.24) is 10.3 Å². The molecule has 0 bridgehead atoms. The van der Waals surface area contributed by atoms with Crippen LogP contribution in [-0.4, -0.2) is 30.8 Å². The second kappa shape index (κ2) is 8.48. The Labute approximate surface area is 142 Å². The number of ether oxygens (including phenoxy) is 2. The van der Waals surface area contributed by atoms with Gasteiger partial charge in [-0.2, -0.15) is 13.2 Å². The molecule has 2 aromatic rings. The number of alkyl halides is 3. The third-order valence-corrected chi connectivity index (χ3v) is 3.24. The first-order chi connectivity index (χ1) is 11.9. The number of carbonyl (C=O) groups is 1. The van der Waals surface area contributed by atoms with E-state index in [1.54, 1.807) is 7.11 Å². The first kappa shape index (κ1) is 18.7. The normalized spacial score (nSPS) is 11.2. The van der Waals surface area contributed by atoms with Crippen molar-refractivity contribution in [3.05, 3.63) is 59.3 Å². The molecule has 1 aromatic carbocycles. The van der Waals surface area contributed by atoms with E-state index in [1.165, 1.54) is 18.3 Å². The van der Waals surface area contributed by atoms with Crippen molar-refractivity contribution in [2.24, 2.45) is 0 Å². The lowest BCUT2D eigenvalue weighted by molar-refractivity contribution is -0.154. The second-order valence-electron chi connectivity index (χ2n) is 5.17. The minimum Gasteiger partial charge on any atom is -0.468 e. The molecule has 134 valence electrons. The van der Waals surface area contributed by atoms with Gasteiger partial charge in [0.25, 0.3) is 5.91 Å². The number of carbonyl (C=O) groups excluding carboxylic acids is 1. The van der Waals surface area contributed by atoms with Gasteiger partial charge in [-0.1, -0.05) is 24.3 Å². The molecule has 0 saturated carbocycles. The molecule has 8 heteroatoms. The number of aromatic nitrogens is 1. The summed E-state index contributed by atoms with van der Waals surface area (Å²) in [6, 6.07) is 10.1. The molecule has 0 spiro atoms. The van der Waals surface area contributed by atoms with Gasteiger partial charge >= 0.3 is 6.18 Å². The number of halogens is 3. The number of rotatable bonds is 7. The highest BCUT2D eigenvalue weighted by atomic mass is 19.4. The van der Waals surface area contributed by atoms with Gasteiger partial charge in [0.15, 0.2) is 6.61 Å². The fourth-order valence-corrected chi connectivity index (χ4v) is 2.06. The highest BCUT2D eigenvalue weighted by molar-refractivity contribution is 5.93. The average Bonchev–Trinajstić information content (AvgIpc) is 2.59. The lowest BCUT2D eigenvalue weighted by Crippen LogP contribution is -2.24. The fourth-order valence-electron chi connectivity index (χ4n) is 2.06. The zero-order valence-corrected chi connectivity index (χ0v) is 13.5. The summed E-state index contributed by atoms with van der Waals surface area (Å²) in [5.74, 6) is -0.582. The lowest BCUT2D eigenvalue weighted by Gasteiger charge is -2.11. The summed E-state index contributed by atoms with van der Waals surface area (Å²) >= 11 is 0. The van der Waals surface area contributed by atoms with Crippen LogP contribution in [0.2, 0.25) is 0 Å². The Balaban J connectivity index is 1.93. The van der Waals surface area contributed by atoms with Crippen molar-refractivity contribution in [3.8, 4) is 5.88 Å². The summed E-state index contributed by atoms with van der Waals surface area (Å²) in [6.07, 6.45) is -3.27. The predicted octanol–water partition coefficient (Wildman–Crippen LogP) is 3.10. The molecule has 0 radical (unpaired) electrons. The van der Waals surface area contributed by atoms with Crippen molar-refractivity contribution in [1.29, 1.82) is 0 Å². The highest BCUT2D eigenvalue weighted by Crippen LogP contribution is 2.17. The van der Waals surface area contributed by atoms with Gasteiger partial charge in [-0.3, -0.25) is 4.79 Å². The number of benzene rings is 1. The van der Waals surface area contributed by atoms with Gasteiger partial charge < -0.3 is 14.8 Å². The average molecular weight is 354 g/mol. The quantitative estimate of drug-likeness (QED) is 0.830. The van der Waals surface area contributed by atoms with Gasteiger partial charge in [-0.15, -0.1) is 0 Å². The minimum absolute atomic E-state index is 0.195. The van der Waals surface area contributed by atoms with Crippen LogP contribution in [0, 0.1) is 0 Å². The Morgan fingerprint density at radius 3 is 2.48 bits per heavy atom. The Hall–Kier alpha value is -2.61. The van der Waals surface area contributed by atoms with E-state index in [0.717, 1.165) is 11.1 Å². The summed E-state index contributed by atoms with van der Waals surface area (Å²) in [4.78, 5) is 15.8. The Morgan fingerprint density at radius 2 is 1.88 bits per heavy atom. The van der Waals surface area contributed by atoms with Gasteiger partial charge in [0.1, 0.15) is 0 Å². The molecule has 1 aromatic heterocycles. The number of nitrogens with one attached hydrogen (secondary N) is 1. The van der Waals surface area contributed by atoms with Crippen LogP contribution in [0.25, 0.3) is 0 Å². The van der Waals surface area contributed by atoms with Crippen molar-refractivity contribution in [3.63, 3.8) is 0 Å². The molecule has 25 heavy (non-hydrogen) atoms. The fraction of sp³-hybridized carbons (Fsp3) is 0.294. The monoisotopic (exact) mass is 354 g/mol. The van der Waals surface area contributed by atoms with Crippen molar-refractivity contribution < 1.29 is 27.4 Å². The summed E-state index contributed by atoms with van der Waals surface area (Å²) in [5, 5.41) is 2.73. The van der Waals surface area contributed by atoms with Crippen LogP contribution in [-0.2, 0) is 17.9 Å². The molecule has 0 aliphatic rings. The SMILES string of the molecule is COCc1ccccc1CNC(=O)c1ccc(OCC(F)(F)F)nc1. The molecule has 0 aliphatic carbocycles. The van der Waals surface area contributed by atoms with E-state index in [4.69, 9.17) is 4.74 Å². The standard InChI is InChI=1S/C17H17F3N2O3/c1-24-10-14-5-3-2-4-12(14)8-22-16(23)13-6-7-15(21-9-13)25-11-17(18,19)20/h2-7,9H,8,10-11H2,1H3,(H,22,23). The minimum atomic E-state index is -4.44. The molecular formula is C17H17F3N2O3. The van der Waals surface area contributed by atoms with Crippen LogP contribution in [0.3, 0.4) is 0 Å². The largest absolute Gasteiger partial charge is 0.468 e. The molecule has 5 nitrogen and oxygen atoms in total. The zero-order chi connectivity index (χ0) is 18.3. The molecule has 0 saturated heterocycles. The van der Waals surface area contributed by atoms with Crippen molar-refractivity contribution in [2.45, 2.75) is 19.3 Å². The first-order valence-electron chi connectivity index (χ1n) is 7.38. The van der Waals surface area contributed by atoms with Crippen LogP contribution in [0.5, 0.6) is 5.88 Å². The molecule has 1 N–H and O–H groups in total. The topological polar surface area (TPSA) is 60.5 Å². The Bertz CT molecular complexity index is 703. The van der Waals surface area contributed by atoms with Gasteiger partial charge in [0.2, 0.25) is 5.88 Å². The number of nitrogens with zero attached hydrogens (tertiary/aromatic N) is 1. The number of methoxy groups -OCH3 is 1. The maximum atomic E-state index is 12.1.